The molecule has 138 valence electrons. The van der Waals surface area contributed by atoms with Crippen LogP contribution in [-0.4, -0.2) is 62.7 Å². The van der Waals surface area contributed by atoms with E-state index in [9.17, 15) is 4.79 Å². The summed E-state index contributed by atoms with van der Waals surface area (Å²) in [5.41, 5.74) is 1.84. The predicted molar refractivity (Wildman–Crippen MR) is 100.0 cm³/mol. The number of rotatable bonds is 5. The maximum atomic E-state index is 12.6. The second-order valence-corrected chi connectivity index (χ2v) is 7.12. The van der Waals surface area contributed by atoms with Crippen LogP contribution in [0.15, 0.2) is 30.6 Å². The second kappa shape index (κ2) is 7.55. The van der Waals surface area contributed by atoms with Gasteiger partial charge >= 0.3 is 0 Å². The van der Waals surface area contributed by atoms with E-state index in [0.717, 1.165) is 32.2 Å². The Kier molecular flexibility index (Phi) is 4.99. The first-order valence-electron chi connectivity index (χ1n) is 9.47. The highest BCUT2D eigenvalue weighted by Gasteiger charge is 2.30. The third kappa shape index (κ3) is 3.64. The average Bonchev–Trinajstić information content (AvgIpc) is 3.30. The zero-order valence-electron chi connectivity index (χ0n) is 15.3. The van der Waals surface area contributed by atoms with E-state index in [-0.39, 0.29) is 5.91 Å². The molecule has 2 aromatic rings. The molecule has 26 heavy (non-hydrogen) atoms. The maximum Gasteiger partial charge on any atom is 0.258 e. The summed E-state index contributed by atoms with van der Waals surface area (Å²) < 4.78 is 1.67. The first-order valence-corrected chi connectivity index (χ1v) is 9.47. The van der Waals surface area contributed by atoms with Gasteiger partial charge in [-0.25, -0.2) is 4.68 Å². The Hall–Kier alpha value is -2.25. The van der Waals surface area contributed by atoms with Crippen LogP contribution in [-0.2, 0) is 13.1 Å². The highest BCUT2D eigenvalue weighted by Crippen LogP contribution is 2.22. The van der Waals surface area contributed by atoms with E-state index >= 15 is 0 Å². The molecule has 3 heterocycles. The van der Waals surface area contributed by atoms with Crippen molar-refractivity contribution in [2.24, 2.45) is 0 Å². The summed E-state index contributed by atoms with van der Waals surface area (Å²) in [6, 6.07) is 8.62. The Morgan fingerprint density at radius 3 is 3.12 bits per heavy atom. The van der Waals surface area contributed by atoms with E-state index < -0.39 is 0 Å². The minimum absolute atomic E-state index is 0.143. The number of amides is 1. The lowest BCUT2D eigenvalue weighted by atomic mass is 10.1. The number of carbonyl (C=O) groups excluding carboxylic acids is 1. The molecular weight excluding hydrogens is 328 g/mol. The van der Waals surface area contributed by atoms with Crippen LogP contribution in [0.5, 0.6) is 0 Å². The van der Waals surface area contributed by atoms with Crippen molar-refractivity contribution in [2.75, 3.05) is 31.5 Å². The highest BCUT2D eigenvalue weighted by molar-refractivity contribution is 6.03. The van der Waals surface area contributed by atoms with E-state index in [2.05, 4.69) is 31.3 Å². The molecule has 1 aromatic carbocycles. The van der Waals surface area contributed by atoms with Gasteiger partial charge in [-0.2, -0.15) is 10.1 Å². The molecule has 7 heteroatoms. The molecule has 0 radical (unpaired) electrons. The van der Waals surface area contributed by atoms with Crippen LogP contribution in [0.25, 0.3) is 0 Å². The van der Waals surface area contributed by atoms with Crippen LogP contribution >= 0.6 is 0 Å². The fourth-order valence-electron chi connectivity index (χ4n) is 4.03. The summed E-state index contributed by atoms with van der Waals surface area (Å²) in [6.45, 7) is 8.20. The van der Waals surface area contributed by atoms with Crippen LogP contribution in [0.3, 0.4) is 0 Å². The number of nitrogens with zero attached hydrogens (tertiary/aromatic N) is 5. The van der Waals surface area contributed by atoms with Crippen molar-refractivity contribution in [2.45, 2.75) is 38.9 Å². The van der Waals surface area contributed by atoms with Gasteiger partial charge in [-0.1, -0.05) is 12.1 Å². The molecule has 1 unspecified atom stereocenters. The van der Waals surface area contributed by atoms with Crippen LogP contribution in [0.2, 0.25) is 0 Å². The standard InChI is InChI=1S/C19H26N6O/c1-2-25-19(20-14-21-25)22-18(26)16-6-3-5-15(11-16)12-23-9-10-24-8-4-7-17(24)13-23/h3,5-6,11,14,17H,2,4,7-10,12-13H2,1H3,(H,20,21,22,26). The molecule has 1 N–H and O–H groups in total. The van der Waals surface area contributed by atoms with Gasteiger partial charge in [0.2, 0.25) is 5.95 Å². The van der Waals surface area contributed by atoms with Gasteiger partial charge in [0.1, 0.15) is 6.33 Å². The Bertz CT molecular complexity index is 773. The number of anilines is 1. The Labute approximate surface area is 154 Å². The molecule has 2 aliphatic rings. The first-order chi connectivity index (χ1) is 12.7. The van der Waals surface area contributed by atoms with Crippen LogP contribution < -0.4 is 5.32 Å². The Balaban J connectivity index is 1.40. The molecule has 0 saturated carbocycles. The van der Waals surface area contributed by atoms with Crippen molar-refractivity contribution in [3.63, 3.8) is 0 Å². The fraction of sp³-hybridized carbons (Fsp3) is 0.526. The highest BCUT2D eigenvalue weighted by atomic mass is 16.1. The van der Waals surface area contributed by atoms with Crippen molar-refractivity contribution in [3.8, 4) is 0 Å². The number of hydrogen-bond donors (Lipinski definition) is 1. The van der Waals surface area contributed by atoms with Crippen molar-refractivity contribution in [1.82, 2.24) is 24.6 Å². The minimum atomic E-state index is -0.143. The van der Waals surface area contributed by atoms with Gasteiger partial charge in [-0.05, 0) is 44.0 Å². The Morgan fingerprint density at radius 1 is 1.31 bits per heavy atom. The van der Waals surface area contributed by atoms with Crippen LogP contribution in [0, 0.1) is 0 Å². The lowest BCUT2D eigenvalue weighted by Gasteiger charge is -2.37. The molecule has 0 bridgehead atoms. The van der Waals surface area contributed by atoms with Crippen molar-refractivity contribution in [3.05, 3.63) is 41.7 Å². The van der Waals surface area contributed by atoms with Crippen LogP contribution in [0.1, 0.15) is 35.7 Å². The SMILES string of the molecule is CCn1ncnc1NC(=O)c1cccc(CN2CCN3CCCC3C2)c1. The molecule has 0 spiro atoms. The number of carbonyl (C=O) groups is 1. The van der Waals surface area contributed by atoms with E-state index in [1.165, 1.54) is 31.3 Å². The van der Waals surface area contributed by atoms with E-state index in [1.807, 2.05) is 25.1 Å². The topological polar surface area (TPSA) is 66.3 Å². The largest absolute Gasteiger partial charge is 0.298 e. The zero-order chi connectivity index (χ0) is 17.9. The molecule has 7 nitrogen and oxygen atoms in total. The van der Waals surface area contributed by atoms with Crippen molar-refractivity contribution in [1.29, 1.82) is 0 Å². The fourth-order valence-corrected chi connectivity index (χ4v) is 4.03. The summed E-state index contributed by atoms with van der Waals surface area (Å²) in [5.74, 6) is 0.343. The number of aromatic nitrogens is 3. The first kappa shape index (κ1) is 17.2. The number of benzene rings is 1. The quantitative estimate of drug-likeness (QED) is 0.887. The number of hydrogen-bond acceptors (Lipinski definition) is 5. The van der Waals surface area contributed by atoms with E-state index in [4.69, 9.17) is 0 Å². The maximum absolute atomic E-state index is 12.6. The summed E-state index contributed by atoms with van der Waals surface area (Å²) in [7, 11) is 0. The normalized spacial score (nSPS) is 20.9. The molecule has 2 aliphatic heterocycles. The summed E-state index contributed by atoms with van der Waals surface area (Å²) in [4.78, 5) is 21.8. The zero-order valence-corrected chi connectivity index (χ0v) is 15.3. The molecule has 0 aliphatic carbocycles. The summed E-state index contributed by atoms with van der Waals surface area (Å²) >= 11 is 0. The molecule has 1 aromatic heterocycles. The molecule has 1 atom stereocenters. The molecule has 2 saturated heterocycles. The van der Waals surface area contributed by atoms with Gasteiger partial charge in [0, 0.05) is 44.3 Å². The van der Waals surface area contributed by atoms with Gasteiger partial charge < -0.3 is 0 Å². The van der Waals surface area contributed by atoms with E-state index in [0.29, 0.717) is 18.1 Å². The number of nitrogens with one attached hydrogen (secondary N) is 1. The average molecular weight is 354 g/mol. The minimum Gasteiger partial charge on any atom is -0.298 e. The predicted octanol–water partition coefficient (Wildman–Crippen LogP) is 1.83. The number of piperazine rings is 1. The molecular formula is C19H26N6O. The third-order valence-electron chi connectivity index (χ3n) is 5.41. The summed E-state index contributed by atoms with van der Waals surface area (Å²) in [5, 5.41) is 6.93. The van der Waals surface area contributed by atoms with Crippen LogP contribution in [0.4, 0.5) is 5.95 Å². The summed E-state index contributed by atoms with van der Waals surface area (Å²) in [6.07, 6.45) is 4.10. The lowest BCUT2D eigenvalue weighted by Crippen LogP contribution is -2.49. The van der Waals surface area contributed by atoms with Gasteiger partial charge in [0.25, 0.3) is 5.91 Å². The number of fused-ring (bicyclic) bond motifs is 1. The number of aryl methyl sites for hydroxylation is 1. The monoisotopic (exact) mass is 354 g/mol. The van der Waals surface area contributed by atoms with Gasteiger partial charge in [0.15, 0.2) is 0 Å². The van der Waals surface area contributed by atoms with Crippen molar-refractivity contribution < 1.29 is 4.79 Å². The van der Waals surface area contributed by atoms with Gasteiger partial charge in [-0.3, -0.25) is 19.9 Å². The van der Waals surface area contributed by atoms with Gasteiger partial charge in [-0.15, -0.1) is 0 Å². The lowest BCUT2D eigenvalue weighted by molar-refractivity contribution is 0.0990. The molecule has 1 amide bonds. The second-order valence-electron chi connectivity index (χ2n) is 7.12. The third-order valence-corrected chi connectivity index (χ3v) is 5.41. The van der Waals surface area contributed by atoms with Gasteiger partial charge in [0.05, 0.1) is 0 Å². The molecule has 2 fully saturated rings. The Morgan fingerprint density at radius 2 is 2.23 bits per heavy atom. The smallest absolute Gasteiger partial charge is 0.258 e. The molecule has 4 rings (SSSR count). The van der Waals surface area contributed by atoms with E-state index in [1.54, 1.807) is 4.68 Å². The van der Waals surface area contributed by atoms with Crippen molar-refractivity contribution >= 4 is 11.9 Å².